The SMILES string of the molecule is CC(C)COC(=O)N[C@H]1CC[C@H](Nc2cc(NC3CC3)c3ncc(C(=O)Nc4ccncc4F)n3n2)CC1. The van der Waals surface area contributed by atoms with Gasteiger partial charge in [-0.1, -0.05) is 13.8 Å². The molecule has 3 heterocycles. The number of carbonyl (C=O) groups excluding carboxylic acids is 2. The zero-order chi connectivity index (χ0) is 26.6. The minimum atomic E-state index is -0.626. The Morgan fingerprint density at radius 3 is 2.47 bits per heavy atom. The highest BCUT2D eigenvalue weighted by atomic mass is 19.1. The summed E-state index contributed by atoms with van der Waals surface area (Å²) in [6.07, 6.45) is 9.00. The molecule has 2 amide bonds. The highest BCUT2D eigenvalue weighted by molar-refractivity contribution is 6.03. The molecule has 2 aliphatic rings. The fourth-order valence-electron chi connectivity index (χ4n) is 4.45. The minimum absolute atomic E-state index is 0.0315. The molecule has 0 aliphatic heterocycles. The Morgan fingerprint density at radius 2 is 1.76 bits per heavy atom. The molecule has 3 aromatic heterocycles. The molecule has 11 nitrogen and oxygen atoms in total. The topological polar surface area (TPSA) is 135 Å². The molecule has 2 fully saturated rings. The predicted molar refractivity (Wildman–Crippen MR) is 141 cm³/mol. The van der Waals surface area contributed by atoms with E-state index in [1.807, 2.05) is 19.9 Å². The molecule has 2 saturated carbocycles. The number of fused-ring (bicyclic) bond motifs is 1. The van der Waals surface area contributed by atoms with Crippen LogP contribution in [-0.4, -0.2) is 56.3 Å². The second kappa shape index (κ2) is 11.2. The first-order chi connectivity index (χ1) is 18.4. The molecule has 0 unspecified atom stereocenters. The van der Waals surface area contributed by atoms with Crippen molar-refractivity contribution in [2.75, 3.05) is 22.6 Å². The van der Waals surface area contributed by atoms with Crippen LogP contribution in [0.25, 0.3) is 5.65 Å². The van der Waals surface area contributed by atoms with Gasteiger partial charge < -0.3 is 26.0 Å². The Bertz CT molecular complexity index is 1300. The van der Waals surface area contributed by atoms with Gasteiger partial charge in [-0.25, -0.2) is 18.7 Å². The van der Waals surface area contributed by atoms with Crippen LogP contribution in [0.3, 0.4) is 0 Å². The number of hydrogen-bond donors (Lipinski definition) is 4. The summed E-state index contributed by atoms with van der Waals surface area (Å²) in [6, 6.07) is 3.91. The Morgan fingerprint density at radius 1 is 1.05 bits per heavy atom. The number of aromatic nitrogens is 4. The van der Waals surface area contributed by atoms with Crippen LogP contribution in [0.2, 0.25) is 0 Å². The smallest absolute Gasteiger partial charge is 0.407 e. The van der Waals surface area contributed by atoms with Crippen molar-refractivity contribution in [1.29, 1.82) is 0 Å². The van der Waals surface area contributed by atoms with Gasteiger partial charge in [0.15, 0.2) is 17.2 Å². The van der Waals surface area contributed by atoms with Gasteiger partial charge in [0.25, 0.3) is 5.91 Å². The molecule has 0 bridgehead atoms. The number of anilines is 3. The summed E-state index contributed by atoms with van der Waals surface area (Å²) in [5, 5.41) is 17.2. The van der Waals surface area contributed by atoms with Gasteiger partial charge in [0.2, 0.25) is 0 Å². The maximum absolute atomic E-state index is 14.0. The first-order valence-electron chi connectivity index (χ1n) is 13.1. The van der Waals surface area contributed by atoms with Gasteiger partial charge in [-0.3, -0.25) is 9.78 Å². The van der Waals surface area contributed by atoms with E-state index in [1.54, 1.807) is 0 Å². The molecule has 3 aromatic rings. The van der Waals surface area contributed by atoms with Crippen molar-refractivity contribution in [2.45, 2.75) is 70.5 Å². The van der Waals surface area contributed by atoms with E-state index in [2.05, 4.69) is 36.3 Å². The number of rotatable bonds is 9. The molecule has 0 radical (unpaired) electrons. The first-order valence-corrected chi connectivity index (χ1v) is 13.1. The summed E-state index contributed by atoms with van der Waals surface area (Å²) in [5.41, 5.74) is 1.52. The van der Waals surface area contributed by atoms with Crippen molar-refractivity contribution in [3.8, 4) is 0 Å². The largest absolute Gasteiger partial charge is 0.449 e. The van der Waals surface area contributed by atoms with Gasteiger partial charge >= 0.3 is 6.09 Å². The van der Waals surface area contributed by atoms with E-state index in [9.17, 15) is 14.0 Å². The monoisotopic (exact) mass is 524 g/mol. The average molecular weight is 525 g/mol. The Labute approximate surface area is 219 Å². The van der Waals surface area contributed by atoms with Crippen LogP contribution in [-0.2, 0) is 4.74 Å². The number of amides is 2. The number of nitrogens with one attached hydrogen (secondary N) is 4. The molecule has 202 valence electrons. The van der Waals surface area contributed by atoms with Crippen LogP contribution in [0.1, 0.15) is 62.9 Å². The van der Waals surface area contributed by atoms with E-state index in [0.717, 1.165) is 50.4 Å². The molecule has 0 atom stereocenters. The highest BCUT2D eigenvalue weighted by Gasteiger charge is 2.26. The second-order valence-electron chi connectivity index (χ2n) is 10.4. The number of pyridine rings is 1. The number of nitrogens with zero attached hydrogens (tertiary/aromatic N) is 4. The van der Waals surface area contributed by atoms with Gasteiger partial charge in [-0.2, -0.15) is 0 Å². The molecule has 0 aromatic carbocycles. The third-order valence-electron chi connectivity index (χ3n) is 6.61. The quantitative estimate of drug-likeness (QED) is 0.327. The van der Waals surface area contributed by atoms with Gasteiger partial charge in [-0.15, -0.1) is 5.10 Å². The highest BCUT2D eigenvalue weighted by Crippen LogP contribution is 2.30. The number of halogens is 1. The van der Waals surface area contributed by atoms with Crippen LogP contribution >= 0.6 is 0 Å². The van der Waals surface area contributed by atoms with E-state index in [0.29, 0.717) is 30.0 Å². The lowest BCUT2D eigenvalue weighted by Crippen LogP contribution is -2.40. The van der Waals surface area contributed by atoms with Gasteiger partial charge in [0, 0.05) is 30.4 Å². The summed E-state index contributed by atoms with van der Waals surface area (Å²) in [6.45, 7) is 4.40. The lowest BCUT2D eigenvalue weighted by molar-refractivity contribution is 0.101. The van der Waals surface area contributed by atoms with Crippen LogP contribution in [0.15, 0.2) is 30.7 Å². The standard InChI is InChI=1S/C26H33FN8O3/c1-15(2)14-38-26(37)32-18-7-5-17(6-8-18)31-23-11-21(30-16-3-4-16)24-29-13-22(35(24)34-23)25(36)33-20-9-10-28-12-19(20)27/h9-13,15-18,30H,3-8,14H2,1-2H3,(H,31,34)(H,32,37)(H,28,33,36)/t17-,18-. The Kier molecular flexibility index (Phi) is 7.57. The predicted octanol–water partition coefficient (Wildman–Crippen LogP) is 4.20. The van der Waals surface area contributed by atoms with E-state index in [-0.39, 0.29) is 29.6 Å². The van der Waals surface area contributed by atoms with Crippen molar-refractivity contribution >= 4 is 34.8 Å². The molecule has 0 spiro atoms. The van der Waals surface area contributed by atoms with Crippen LogP contribution < -0.4 is 21.3 Å². The van der Waals surface area contributed by atoms with Gasteiger partial charge in [0.05, 0.1) is 30.4 Å². The third-order valence-corrected chi connectivity index (χ3v) is 6.61. The third kappa shape index (κ3) is 6.29. The number of ether oxygens (including phenoxy) is 1. The maximum atomic E-state index is 14.0. The summed E-state index contributed by atoms with van der Waals surface area (Å²) in [4.78, 5) is 33.2. The summed E-state index contributed by atoms with van der Waals surface area (Å²) in [7, 11) is 0. The molecule has 5 rings (SSSR count). The first kappa shape index (κ1) is 25.7. The van der Waals surface area contributed by atoms with Crippen LogP contribution in [0.5, 0.6) is 0 Å². The van der Waals surface area contributed by atoms with E-state index < -0.39 is 11.7 Å². The van der Waals surface area contributed by atoms with Crippen molar-refractivity contribution in [1.82, 2.24) is 24.9 Å². The fourth-order valence-corrected chi connectivity index (χ4v) is 4.45. The van der Waals surface area contributed by atoms with Gasteiger partial charge in [-0.05, 0) is 50.5 Å². The fraction of sp³-hybridized carbons (Fsp3) is 0.500. The lowest BCUT2D eigenvalue weighted by atomic mass is 9.91. The van der Waals surface area contributed by atoms with Crippen molar-refractivity contribution in [2.24, 2.45) is 5.92 Å². The normalized spacial score (nSPS) is 19.3. The number of hydrogen-bond acceptors (Lipinski definition) is 8. The zero-order valence-corrected chi connectivity index (χ0v) is 21.5. The maximum Gasteiger partial charge on any atom is 0.407 e. The minimum Gasteiger partial charge on any atom is -0.449 e. The molecule has 4 N–H and O–H groups in total. The number of imidazole rings is 1. The molecular weight excluding hydrogens is 491 g/mol. The van der Waals surface area contributed by atoms with Gasteiger partial charge in [0.1, 0.15) is 5.82 Å². The molecule has 38 heavy (non-hydrogen) atoms. The van der Waals surface area contributed by atoms with E-state index in [4.69, 9.17) is 4.74 Å². The Hall–Kier alpha value is -3.96. The number of carbonyl (C=O) groups is 2. The molecular formula is C26H33FN8O3. The number of alkyl carbamates (subject to hydrolysis) is 1. The summed E-state index contributed by atoms with van der Waals surface area (Å²) < 4.78 is 20.8. The van der Waals surface area contributed by atoms with Crippen LogP contribution in [0.4, 0.5) is 26.4 Å². The van der Waals surface area contributed by atoms with Crippen molar-refractivity contribution in [3.05, 3.63) is 42.2 Å². The van der Waals surface area contributed by atoms with E-state index in [1.165, 1.54) is 23.0 Å². The molecule has 2 aliphatic carbocycles. The lowest BCUT2D eigenvalue weighted by Gasteiger charge is -2.30. The summed E-state index contributed by atoms with van der Waals surface area (Å²) >= 11 is 0. The molecule has 12 heteroatoms. The average Bonchev–Trinajstić information content (AvgIpc) is 3.60. The summed E-state index contributed by atoms with van der Waals surface area (Å²) in [5.74, 6) is -0.251. The van der Waals surface area contributed by atoms with Crippen LogP contribution in [0, 0.1) is 11.7 Å². The second-order valence-corrected chi connectivity index (χ2v) is 10.4. The van der Waals surface area contributed by atoms with Crippen molar-refractivity contribution < 1.29 is 18.7 Å². The van der Waals surface area contributed by atoms with E-state index >= 15 is 0 Å². The zero-order valence-electron chi connectivity index (χ0n) is 21.5. The van der Waals surface area contributed by atoms with Crippen molar-refractivity contribution in [3.63, 3.8) is 0 Å². The Balaban J connectivity index is 1.28. The molecule has 0 saturated heterocycles.